The number of hydrogen-bond acceptors (Lipinski definition) is 1. The van der Waals surface area contributed by atoms with E-state index < -0.39 is 5.60 Å². The Bertz CT molecular complexity index is 468. The highest BCUT2D eigenvalue weighted by Gasteiger charge is 2.18. The number of benzene rings is 1. The number of halogens is 1. The molecule has 1 aromatic heterocycles. The van der Waals surface area contributed by atoms with Gasteiger partial charge in [-0.3, -0.25) is 0 Å². The molecule has 14 heavy (non-hydrogen) atoms. The first-order valence-electron chi connectivity index (χ1n) is 4.48. The summed E-state index contributed by atoms with van der Waals surface area (Å²) in [5.41, 5.74) is 0.912. The van der Waals surface area contributed by atoms with Crippen LogP contribution >= 0.6 is 11.6 Å². The molecule has 0 amide bonds. The minimum atomic E-state index is -0.842. The Balaban J connectivity index is 2.63. The van der Waals surface area contributed by atoms with E-state index in [9.17, 15) is 5.11 Å². The smallest absolute Gasteiger partial charge is 0.0987 e. The monoisotopic (exact) mass is 209 g/mol. The summed E-state index contributed by atoms with van der Waals surface area (Å²) in [5.74, 6) is 0. The van der Waals surface area contributed by atoms with Crippen molar-refractivity contribution in [1.82, 2.24) is 4.98 Å². The van der Waals surface area contributed by atoms with Gasteiger partial charge in [-0.1, -0.05) is 17.7 Å². The highest BCUT2D eigenvalue weighted by Crippen LogP contribution is 2.25. The van der Waals surface area contributed by atoms with E-state index in [1.54, 1.807) is 13.8 Å². The van der Waals surface area contributed by atoms with E-state index >= 15 is 0 Å². The number of fused-ring (bicyclic) bond motifs is 1. The van der Waals surface area contributed by atoms with Gasteiger partial charge in [-0.15, -0.1) is 0 Å². The third kappa shape index (κ3) is 1.63. The zero-order valence-electron chi connectivity index (χ0n) is 8.13. The molecule has 74 valence electrons. The predicted molar refractivity (Wildman–Crippen MR) is 58.6 cm³/mol. The maximum Gasteiger partial charge on any atom is 0.0987 e. The van der Waals surface area contributed by atoms with Crippen LogP contribution in [0.2, 0.25) is 5.02 Å². The topological polar surface area (TPSA) is 36.0 Å². The summed E-state index contributed by atoms with van der Waals surface area (Å²) >= 11 is 5.86. The Morgan fingerprint density at radius 3 is 2.64 bits per heavy atom. The molecule has 3 heteroatoms. The van der Waals surface area contributed by atoms with Crippen LogP contribution in [0.25, 0.3) is 10.9 Å². The van der Waals surface area contributed by atoms with E-state index in [2.05, 4.69) is 4.98 Å². The third-order valence-electron chi connectivity index (χ3n) is 2.24. The van der Waals surface area contributed by atoms with Gasteiger partial charge in [-0.05, 0) is 37.4 Å². The SMILES string of the molecule is CC(C)(O)c1cc2ccc(Cl)cc2[nH]1. The van der Waals surface area contributed by atoms with Crippen LogP contribution in [-0.4, -0.2) is 10.1 Å². The number of aromatic amines is 1. The Labute approximate surface area is 87.5 Å². The second-order valence-corrected chi connectivity index (χ2v) is 4.41. The highest BCUT2D eigenvalue weighted by molar-refractivity contribution is 6.31. The van der Waals surface area contributed by atoms with Crippen molar-refractivity contribution in [3.8, 4) is 0 Å². The molecule has 0 atom stereocenters. The van der Waals surface area contributed by atoms with E-state index in [-0.39, 0.29) is 0 Å². The summed E-state index contributed by atoms with van der Waals surface area (Å²) in [6.45, 7) is 3.50. The molecule has 0 unspecified atom stereocenters. The molecule has 0 radical (unpaired) electrons. The third-order valence-corrected chi connectivity index (χ3v) is 2.48. The molecule has 2 nitrogen and oxygen atoms in total. The van der Waals surface area contributed by atoms with Crippen molar-refractivity contribution in [1.29, 1.82) is 0 Å². The van der Waals surface area contributed by atoms with Crippen LogP contribution in [-0.2, 0) is 5.60 Å². The summed E-state index contributed by atoms with van der Waals surface area (Å²) in [7, 11) is 0. The molecule has 0 spiro atoms. The summed E-state index contributed by atoms with van der Waals surface area (Å²) in [6.07, 6.45) is 0. The van der Waals surface area contributed by atoms with Gasteiger partial charge in [0.25, 0.3) is 0 Å². The Morgan fingerprint density at radius 2 is 2.00 bits per heavy atom. The number of nitrogens with one attached hydrogen (secondary N) is 1. The summed E-state index contributed by atoms with van der Waals surface area (Å²) in [6, 6.07) is 7.56. The van der Waals surface area contributed by atoms with Crippen molar-refractivity contribution in [2.45, 2.75) is 19.4 Å². The molecular formula is C11H12ClNO. The summed E-state index contributed by atoms with van der Waals surface area (Å²) in [5, 5.41) is 11.6. The van der Waals surface area contributed by atoms with Gasteiger partial charge in [0.05, 0.1) is 5.60 Å². The maximum absolute atomic E-state index is 9.80. The van der Waals surface area contributed by atoms with Gasteiger partial charge < -0.3 is 10.1 Å². The van der Waals surface area contributed by atoms with Crippen LogP contribution in [0.4, 0.5) is 0 Å². The lowest BCUT2D eigenvalue weighted by atomic mass is 10.1. The van der Waals surface area contributed by atoms with E-state index in [4.69, 9.17) is 11.6 Å². The predicted octanol–water partition coefficient (Wildman–Crippen LogP) is 3.05. The van der Waals surface area contributed by atoms with Crippen molar-refractivity contribution in [3.05, 3.63) is 35.0 Å². The molecular weight excluding hydrogens is 198 g/mol. The fourth-order valence-electron chi connectivity index (χ4n) is 1.43. The van der Waals surface area contributed by atoms with Gasteiger partial charge in [-0.2, -0.15) is 0 Å². The second-order valence-electron chi connectivity index (χ2n) is 3.97. The average Bonchev–Trinajstić information content (AvgIpc) is 2.45. The van der Waals surface area contributed by atoms with E-state index in [0.717, 1.165) is 16.6 Å². The standard InChI is InChI=1S/C11H12ClNO/c1-11(2,14)10-5-7-3-4-8(12)6-9(7)13-10/h3-6,13-14H,1-2H3. The molecule has 0 aliphatic rings. The van der Waals surface area contributed by atoms with E-state index in [0.29, 0.717) is 5.02 Å². The first kappa shape index (κ1) is 9.56. The molecule has 0 saturated carbocycles. The van der Waals surface area contributed by atoms with Crippen LogP contribution < -0.4 is 0 Å². The van der Waals surface area contributed by atoms with Gasteiger partial charge in [0.1, 0.15) is 0 Å². The normalized spacial score (nSPS) is 12.3. The van der Waals surface area contributed by atoms with Crippen LogP contribution in [0.3, 0.4) is 0 Å². The number of H-pyrrole nitrogens is 1. The average molecular weight is 210 g/mol. The molecule has 1 aromatic carbocycles. The van der Waals surface area contributed by atoms with Crippen molar-refractivity contribution in [3.63, 3.8) is 0 Å². The highest BCUT2D eigenvalue weighted by atomic mass is 35.5. The molecule has 1 heterocycles. The van der Waals surface area contributed by atoms with Crippen LogP contribution in [0.15, 0.2) is 24.3 Å². The van der Waals surface area contributed by atoms with E-state index in [1.165, 1.54) is 0 Å². The molecule has 0 saturated heterocycles. The molecule has 0 bridgehead atoms. The van der Waals surface area contributed by atoms with Crippen LogP contribution in [0, 0.1) is 0 Å². The number of rotatable bonds is 1. The first-order chi connectivity index (χ1) is 6.47. The Kier molecular flexibility index (Phi) is 2.05. The fourth-order valence-corrected chi connectivity index (χ4v) is 1.60. The van der Waals surface area contributed by atoms with Crippen LogP contribution in [0.5, 0.6) is 0 Å². The molecule has 2 N–H and O–H groups in total. The van der Waals surface area contributed by atoms with Crippen molar-refractivity contribution in [2.24, 2.45) is 0 Å². The van der Waals surface area contributed by atoms with Gasteiger partial charge in [0.15, 0.2) is 0 Å². The zero-order valence-corrected chi connectivity index (χ0v) is 8.89. The minimum Gasteiger partial charge on any atom is -0.384 e. The Morgan fingerprint density at radius 1 is 1.29 bits per heavy atom. The van der Waals surface area contributed by atoms with E-state index in [1.807, 2.05) is 24.3 Å². The van der Waals surface area contributed by atoms with Gasteiger partial charge >= 0.3 is 0 Å². The van der Waals surface area contributed by atoms with Crippen LogP contribution in [0.1, 0.15) is 19.5 Å². The largest absolute Gasteiger partial charge is 0.384 e. The van der Waals surface area contributed by atoms with Crippen molar-refractivity contribution < 1.29 is 5.11 Å². The Hall–Kier alpha value is -0.990. The van der Waals surface area contributed by atoms with Gasteiger partial charge in [0, 0.05) is 16.2 Å². The zero-order chi connectivity index (χ0) is 10.3. The molecule has 0 aliphatic heterocycles. The number of aromatic nitrogens is 1. The van der Waals surface area contributed by atoms with Gasteiger partial charge in [-0.25, -0.2) is 0 Å². The molecule has 0 aliphatic carbocycles. The number of hydrogen-bond donors (Lipinski definition) is 2. The van der Waals surface area contributed by atoms with Crippen molar-refractivity contribution in [2.75, 3.05) is 0 Å². The summed E-state index contributed by atoms with van der Waals surface area (Å²) in [4.78, 5) is 3.14. The fraction of sp³-hybridized carbons (Fsp3) is 0.273. The van der Waals surface area contributed by atoms with Gasteiger partial charge in [0.2, 0.25) is 0 Å². The number of aliphatic hydroxyl groups is 1. The molecule has 2 rings (SSSR count). The minimum absolute atomic E-state index is 0.696. The second kappa shape index (κ2) is 3.01. The summed E-state index contributed by atoms with van der Waals surface area (Å²) < 4.78 is 0. The maximum atomic E-state index is 9.80. The quantitative estimate of drug-likeness (QED) is 0.744. The lowest BCUT2D eigenvalue weighted by Gasteiger charge is -2.14. The molecule has 0 fully saturated rings. The first-order valence-corrected chi connectivity index (χ1v) is 4.86. The lowest BCUT2D eigenvalue weighted by Crippen LogP contribution is -2.15. The lowest BCUT2D eigenvalue weighted by molar-refractivity contribution is 0.0747. The van der Waals surface area contributed by atoms with Crippen molar-refractivity contribution >= 4 is 22.5 Å². The molecule has 2 aromatic rings.